The fraction of sp³-hybridized carbons (Fsp3) is 0.462. The zero-order chi connectivity index (χ0) is 72.9. The highest BCUT2D eigenvalue weighted by Gasteiger charge is 2.53. The molecular weight excluding hydrogens is 1450 g/mol. The first-order chi connectivity index (χ1) is 49.5. The minimum atomic E-state index is -0.382. The van der Waals surface area contributed by atoms with Gasteiger partial charge in [-0.05, 0) is 169 Å². The predicted octanol–water partition coefficient (Wildman–Crippen LogP) is 8.15. The number of alkyl halides is 1. The lowest BCUT2D eigenvalue weighted by Crippen LogP contribution is -2.41. The molecule has 13 heterocycles. The van der Waals surface area contributed by atoms with E-state index >= 15 is 0 Å². The number of nitrogens with one attached hydrogen (secondary N) is 3. The van der Waals surface area contributed by atoms with Crippen molar-refractivity contribution in [3.8, 4) is 11.1 Å². The number of imidazole rings is 2. The topological polar surface area (TPSA) is 336 Å². The number of ether oxygens (including phenoxy) is 6. The van der Waals surface area contributed by atoms with Crippen LogP contribution in [-0.4, -0.2) is 204 Å². The number of hydrogen-bond donors (Lipinski definition) is 3. The van der Waals surface area contributed by atoms with E-state index in [1.54, 1.807) is 76.9 Å². The van der Waals surface area contributed by atoms with E-state index in [1.165, 1.54) is 23.5 Å². The molecule has 2 saturated heterocycles. The maximum Gasteiger partial charge on any atom is 0.498 e. The second-order valence-electron chi connectivity index (χ2n) is 26.0. The number of halogens is 2. The Hall–Kier alpha value is -7.75. The molecule has 0 aromatic carbocycles. The third-order valence-electron chi connectivity index (χ3n) is 17.1. The lowest BCUT2D eigenvalue weighted by Gasteiger charge is -2.32. The largest absolute Gasteiger partial charge is 0.498 e. The number of H-pyrrole nitrogens is 1. The van der Waals surface area contributed by atoms with Crippen LogP contribution in [0.15, 0.2) is 135 Å². The molecule has 3 N–H and O–H groups in total. The Labute approximate surface area is 616 Å². The number of aromatic amines is 1. The van der Waals surface area contributed by atoms with Gasteiger partial charge in [-0.2, -0.15) is 25.5 Å². The second kappa shape index (κ2) is 34.4. The van der Waals surface area contributed by atoms with Crippen molar-refractivity contribution < 1.29 is 56.6 Å². The molecule has 38 heteroatoms. The number of amides is 2. The summed E-state index contributed by atoms with van der Waals surface area (Å²) in [5.41, 5.74) is 5.35. The summed E-state index contributed by atoms with van der Waals surface area (Å²) in [6.45, 7) is 20.4. The molecular formula is C65H82B2BrClN20O12S2. The smallest absolute Gasteiger partial charge is 0.399 e. The molecule has 103 heavy (non-hydrogen) atoms. The van der Waals surface area contributed by atoms with Gasteiger partial charge < -0.3 is 57.7 Å². The Morgan fingerprint density at radius 2 is 1.02 bits per heavy atom. The molecule has 4 fully saturated rings. The maximum atomic E-state index is 12.0. The van der Waals surface area contributed by atoms with Crippen molar-refractivity contribution >= 4 is 122 Å². The quantitative estimate of drug-likeness (QED) is 0.0276. The minimum absolute atomic E-state index is 0.0166. The number of hydrogen-bond acceptors (Lipinski definition) is 25. The molecule has 11 aromatic heterocycles. The van der Waals surface area contributed by atoms with E-state index in [0.29, 0.717) is 81.2 Å². The van der Waals surface area contributed by atoms with E-state index in [0.717, 1.165) is 78.7 Å². The van der Waals surface area contributed by atoms with Crippen LogP contribution in [0, 0.1) is 11.8 Å². The highest BCUT2D eigenvalue weighted by atomic mass is 79.9. The molecule has 2 amide bonds. The van der Waals surface area contributed by atoms with Gasteiger partial charge >= 0.3 is 14.2 Å². The molecule has 0 radical (unpaired) electrons. The highest BCUT2D eigenvalue weighted by Crippen LogP contribution is 2.38. The average molecular weight is 1540 g/mol. The van der Waals surface area contributed by atoms with Crippen LogP contribution in [0.4, 0.5) is 11.6 Å². The standard InChI is InChI=1S/C23H23N9O3S.C16H12BrN7OS.C13H23BN2O4.C9H15BN2O2.C4H9ClO2/c1-34-8-9-35-14-30-11-17(10-24-30)16-4-5-20-27-28-23(31(20)12-16)36-21-7-6-19-25-18(13-32(19)29-21)26-22(33)15-2-3-15;17-10-3-4-13-20-21-16(23(13)7-10)26-14-6-5-12-18-11(8-24(12)22-14)19-15(25)9-1-2-9;1-12(2)13(3,4)20-14(19-12)11-8-15-16(9-11)10-18-7-6-17-5;1-8(2)9(3,4)14-10(13-8)7-5-11-12-6-7;1-6-2-3-7-4-5/h4-7,10-13,15H,2-3,8-9,14H2,1H3,(H,26,33);3-9H,1-2H2,(H,19,25);8-9H,6-7,10H2,1-5H3;5-6H,1-4H3,(H,11,12);2-4H2,1H3. The Morgan fingerprint density at radius 3 is 1.50 bits per heavy atom. The Morgan fingerprint density at radius 1 is 0.553 bits per heavy atom. The van der Waals surface area contributed by atoms with E-state index in [4.69, 9.17) is 53.9 Å². The van der Waals surface area contributed by atoms with Crippen LogP contribution in [0.5, 0.6) is 0 Å². The molecule has 0 atom stereocenters. The molecule has 546 valence electrons. The molecule has 11 aromatic rings. The molecule has 32 nitrogen and oxygen atoms in total. The number of pyridine rings is 2. The van der Waals surface area contributed by atoms with Crippen molar-refractivity contribution in [2.75, 3.05) is 77.7 Å². The van der Waals surface area contributed by atoms with E-state index in [-0.39, 0.29) is 66.4 Å². The zero-order valence-corrected chi connectivity index (χ0v) is 62.9. The van der Waals surface area contributed by atoms with Gasteiger partial charge in [-0.15, -0.1) is 20.4 Å². The van der Waals surface area contributed by atoms with Crippen LogP contribution in [0.25, 0.3) is 33.7 Å². The number of rotatable bonds is 25. The summed E-state index contributed by atoms with van der Waals surface area (Å²) in [4.78, 5) is 32.7. The van der Waals surface area contributed by atoms with Gasteiger partial charge in [0.05, 0.1) is 80.6 Å². The summed E-state index contributed by atoms with van der Waals surface area (Å²) in [5.74, 6) is 1.33. The predicted molar refractivity (Wildman–Crippen MR) is 388 cm³/mol. The van der Waals surface area contributed by atoms with Gasteiger partial charge in [-0.3, -0.25) is 23.5 Å². The normalized spacial score (nSPS) is 16.2. The monoisotopic (exact) mass is 1530 g/mol. The number of fused-ring (bicyclic) bond motifs is 4. The van der Waals surface area contributed by atoms with E-state index in [9.17, 15) is 9.59 Å². The summed E-state index contributed by atoms with van der Waals surface area (Å²) in [6, 6.07) is 15.4. The molecule has 4 aliphatic rings. The van der Waals surface area contributed by atoms with Gasteiger partial charge in [0.25, 0.3) is 0 Å². The second-order valence-corrected chi connectivity index (χ2v) is 29.1. The number of anilines is 2. The number of carbonyl (C=O) groups excluding carboxylic acids is 2. The van der Waals surface area contributed by atoms with Crippen molar-refractivity contribution in [3.63, 3.8) is 0 Å². The van der Waals surface area contributed by atoms with E-state index in [1.807, 2.05) is 138 Å². The molecule has 15 rings (SSSR count). The van der Waals surface area contributed by atoms with Crippen LogP contribution >= 0.6 is 51.1 Å². The SMILES string of the molecule is CC1(C)OB(c2cn[nH]c2)OC1(C)C.COCCOCCl.COCCOCn1cc(-c2ccc3nnc(Sc4ccc5nc(NC(=O)C6CC6)cn5n4)n3c2)cn1.COCCOCn1cc(B2OC(C)(C)C(C)(C)O2)cn1.O=C(Nc1cn2nc(Sc3nnc4ccc(Br)cn34)ccc2n1)C1CC1. The maximum absolute atomic E-state index is 12.0. The van der Waals surface area contributed by atoms with Gasteiger partial charge in [0.1, 0.15) is 29.6 Å². The molecule has 2 aliphatic heterocycles. The number of methoxy groups -OCH3 is 3. The Bertz CT molecular complexity index is 4570. The van der Waals surface area contributed by atoms with Crippen LogP contribution < -0.4 is 21.6 Å². The summed E-state index contributed by atoms with van der Waals surface area (Å²) < 4.78 is 65.4. The van der Waals surface area contributed by atoms with Crippen LogP contribution in [0.3, 0.4) is 0 Å². The van der Waals surface area contributed by atoms with Crippen LogP contribution in [-0.2, 0) is 70.1 Å². The van der Waals surface area contributed by atoms with Gasteiger partial charge in [-0.25, -0.2) is 28.4 Å². The zero-order valence-electron chi connectivity index (χ0n) is 59.0. The Kier molecular flexibility index (Phi) is 25.5. The molecule has 0 unspecified atom stereocenters. The summed E-state index contributed by atoms with van der Waals surface area (Å²) >= 11 is 11.4. The van der Waals surface area contributed by atoms with Crippen molar-refractivity contribution in [1.29, 1.82) is 0 Å². The number of nitrogens with zero attached hydrogens (tertiary/aromatic N) is 17. The highest BCUT2D eigenvalue weighted by molar-refractivity contribution is 9.10. The van der Waals surface area contributed by atoms with Crippen molar-refractivity contribution in [1.82, 2.24) is 88.2 Å². The first-order valence-corrected chi connectivity index (χ1v) is 36.0. The van der Waals surface area contributed by atoms with Crippen LogP contribution in [0.1, 0.15) is 81.1 Å². The van der Waals surface area contributed by atoms with Gasteiger partial charge in [0, 0.05) is 103 Å². The molecule has 0 bridgehead atoms. The third kappa shape index (κ3) is 20.2. The summed E-state index contributed by atoms with van der Waals surface area (Å²) in [6.07, 6.45) is 22.0. The van der Waals surface area contributed by atoms with Gasteiger partial charge in [0.15, 0.2) is 34.2 Å². The lowest BCUT2D eigenvalue weighted by atomic mass is 9.82. The first kappa shape index (κ1) is 76.4. The fourth-order valence-corrected chi connectivity index (χ4v) is 11.6. The lowest BCUT2D eigenvalue weighted by molar-refractivity contribution is -0.118. The fourth-order valence-electron chi connectivity index (χ4n) is 9.62. The molecule has 0 spiro atoms. The molecule has 2 saturated carbocycles. The third-order valence-corrected chi connectivity index (χ3v) is 19.5. The Balaban J connectivity index is 0.000000140. The first-order valence-electron chi connectivity index (χ1n) is 33.1. The average Bonchev–Trinajstić information content (AvgIpc) is 1.63. The summed E-state index contributed by atoms with van der Waals surface area (Å²) in [7, 11) is 4.22. The van der Waals surface area contributed by atoms with Crippen molar-refractivity contribution in [2.24, 2.45) is 11.8 Å². The summed E-state index contributed by atoms with van der Waals surface area (Å²) in [5, 5.41) is 50.0. The number of aromatic nitrogens is 18. The minimum Gasteiger partial charge on any atom is -0.399 e. The van der Waals surface area contributed by atoms with Crippen LogP contribution in [0.2, 0.25) is 0 Å². The number of carbonyl (C=O) groups is 2. The van der Waals surface area contributed by atoms with Crippen molar-refractivity contribution in [2.45, 2.75) is 137 Å². The van der Waals surface area contributed by atoms with Crippen molar-refractivity contribution in [3.05, 3.63) is 115 Å². The van der Waals surface area contributed by atoms with E-state index in [2.05, 4.69) is 92.3 Å². The molecule has 2 aliphatic carbocycles. The van der Waals surface area contributed by atoms with Gasteiger partial charge in [0.2, 0.25) is 22.1 Å². The van der Waals surface area contributed by atoms with Gasteiger partial charge in [-0.1, -0.05) is 11.6 Å². The van der Waals surface area contributed by atoms with E-state index < -0.39 is 0 Å².